The number of aliphatic carboxylic acids is 1. The topological polar surface area (TPSA) is 49.8 Å². The van der Waals surface area contributed by atoms with Crippen LogP contribution in [0.15, 0.2) is 24.3 Å². The van der Waals surface area contributed by atoms with E-state index < -0.39 is 11.4 Å². The zero-order valence-corrected chi connectivity index (χ0v) is 13.1. The average Bonchev–Trinajstić information content (AvgIpc) is 2.47. The van der Waals surface area contributed by atoms with Crippen LogP contribution >= 0.6 is 0 Å². The van der Waals surface area contributed by atoms with Crippen LogP contribution < -0.4 is 9.64 Å². The molecule has 2 unspecified atom stereocenters. The van der Waals surface area contributed by atoms with Crippen LogP contribution in [-0.4, -0.2) is 31.8 Å². The fourth-order valence-corrected chi connectivity index (χ4v) is 3.45. The Morgan fingerprint density at radius 2 is 2.10 bits per heavy atom. The molecule has 1 aliphatic carbocycles. The summed E-state index contributed by atoms with van der Waals surface area (Å²) in [6.45, 7) is 2.71. The maximum absolute atomic E-state index is 11.8. The van der Waals surface area contributed by atoms with Gasteiger partial charge in [0.15, 0.2) is 0 Å². The van der Waals surface area contributed by atoms with Gasteiger partial charge < -0.3 is 14.7 Å². The highest BCUT2D eigenvalue weighted by atomic mass is 16.5. The number of methoxy groups -OCH3 is 1. The van der Waals surface area contributed by atoms with Gasteiger partial charge in [0, 0.05) is 19.3 Å². The van der Waals surface area contributed by atoms with Crippen LogP contribution in [-0.2, 0) is 4.79 Å². The lowest BCUT2D eigenvalue weighted by Crippen LogP contribution is -2.45. The van der Waals surface area contributed by atoms with Gasteiger partial charge >= 0.3 is 5.97 Å². The summed E-state index contributed by atoms with van der Waals surface area (Å²) >= 11 is 0. The zero-order chi connectivity index (χ0) is 15.5. The molecule has 0 aliphatic heterocycles. The summed E-state index contributed by atoms with van der Waals surface area (Å²) in [5, 5.41) is 9.74. The number of nitrogens with zero attached hydrogens (tertiary/aromatic N) is 1. The molecule has 0 aromatic heterocycles. The van der Waals surface area contributed by atoms with Crippen molar-refractivity contribution in [2.24, 2.45) is 11.3 Å². The van der Waals surface area contributed by atoms with Gasteiger partial charge in [-0.2, -0.15) is 0 Å². The van der Waals surface area contributed by atoms with Gasteiger partial charge in [0.1, 0.15) is 5.75 Å². The van der Waals surface area contributed by atoms with Crippen molar-refractivity contribution in [1.29, 1.82) is 0 Å². The molecule has 2 rings (SSSR count). The summed E-state index contributed by atoms with van der Waals surface area (Å²) in [6.07, 6.45) is 3.68. The highest BCUT2D eigenvalue weighted by Gasteiger charge is 2.42. The smallest absolute Gasteiger partial charge is 0.311 e. The summed E-state index contributed by atoms with van der Waals surface area (Å²) in [6, 6.07) is 7.76. The summed E-state index contributed by atoms with van der Waals surface area (Å²) in [7, 11) is 3.60. The fourth-order valence-electron chi connectivity index (χ4n) is 3.45. The number of anilines is 1. The molecule has 0 amide bonds. The molecule has 0 radical (unpaired) electrons. The first kappa shape index (κ1) is 15.7. The van der Waals surface area contributed by atoms with E-state index in [2.05, 4.69) is 6.92 Å². The number of hydrogen-bond acceptors (Lipinski definition) is 3. The third-order valence-corrected chi connectivity index (χ3v) is 4.60. The van der Waals surface area contributed by atoms with Gasteiger partial charge in [0.2, 0.25) is 0 Å². The monoisotopic (exact) mass is 291 g/mol. The molecular weight excluding hydrogens is 266 g/mol. The SMILES string of the molecule is COc1ccc(N(C)CC2(C(=O)O)CCCC(C)C2)cc1. The van der Waals surface area contributed by atoms with Gasteiger partial charge in [0.25, 0.3) is 0 Å². The first-order valence-electron chi connectivity index (χ1n) is 7.55. The average molecular weight is 291 g/mol. The molecule has 1 aromatic carbocycles. The molecule has 0 bridgehead atoms. The Bertz CT molecular complexity index is 485. The second-order valence-electron chi connectivity index (χ2n) is 6.34. The molecule has 1 aliphatic rings. The predicted octanol–water partition coefficient (Wildman–Crippen LogP) is 3.41. The van der Waals surface area contributed by atoms with Crippen molar-refractivity contribution in [2.45, 2.75) is 32.6 Å². The van der Waals surface area contributed by atoms with Gasteiger partial charge in [-0.05, 0) is 43.0 Å². The van der Waals surface area contributed by atoms with E-state index in [9.17, 15) is 9.90 Å². The Morgan fingerprint density at radius 3 is 2.62 bits per heavy atom. The van der Waals surface area contributed by atoms with E-state index in [1.807, 2.05) is 36.2 Å². The molecule has 0 heterocycles. The van der Waals surface area contributed by atoms with Crippen LogP contribution in [0.25, 0.3) is 0 Å². The molecule has 0 spiro atoms. The molecule has 2 atom stereocenters. The van der Waals surface area contributed by atoms with Gasteiger partial charge in [-0.3, -0.25) is 4.79 Å². The molecule has 1 saturated carbocycles. The minimum atomic E-state index is -0.658. The maximum Gasteiger partial charge on any atom is 0.311 e. The number of hydrogen-bond donors (Lipinski definition) is 1. The lowest BCUT2D eigenvalue weighted by molar-refractivity contribution is -0.151. The third-order valence-electron chi connectivity index (χ3n) is 4.60. The Hall–Kier alpha value is -1.71. The number of ether oxygens (including phenoxy) is 1. The van der Waals surface area contributed by atoms with E-state index >= 15 is 0 Å². The third kappa shape index (κ3) is 3.49. The highest BCUT2D eigenvalue weighted by molar-refractivity contribution is 5.76. The van der Waals surface area contributed by atoms with Crippen molar-refractivity contribution >= 4 is 11.7 Å². The highest BCUT2D eigenvalue weighted by Crippen LogP contribution is 2.40. The molecule has 21 heavy (non-hydrogen) atoms. The van der Waals surface area contributed by atoms with Crippen LogP contribution in [0.4, 0.5) is 5.69 Å². The second-order valence-corrected chi connectivity index (χ2v) is 6.34. The molecule has 1 aromatic rings. The molecule has 116 valence electrons. The van der Waals surface area contributed by atoms with Gasteiger partial charge in [-0.1, -0.05) is 19.8 Å². The van der Waals surface area contributed by atoms with Gasteiger partial charge in [-0.15, -0.1) is 0 Å². The van der Waals surface area contributed by atoms with Crippen LogP contribution in [0, 0.1) is 11.3 Å². The Labute approximate surface area is 126 Å². The van der Waals surface area contributed by atoms with Gasteiger partial charge in [-0.25, -0.2) is 0 Å². The standard InChI is InChI=1S/C17H25NO3/c1-13-5-4-10-17(11-13,16(19)20)12-18(2)14-6-8-15(21-3)9-7-14/h6-9,13H,4-5,10-12H2,1-3H3,(H,19,20). The Morgan fingerprint density at radius 1 is 1.43 bits per heavy atom. The summed E-state index contributed by atoms with van der Waals surface area (Å²) in [4.78, 5) is 13.9. The molecule has 0 saturated heterocycles. The number of carboxylic acid groups (broad SMARTS) is 1. The fraction of sp³-hybridized carbons (Fsp3) is 0.588. The van der Waals surface area contributed by atoms with Crippen molar-refractivity contribution in [2.75, 3.05) is 25.6 Å². The number of rotatable bonds is 5. The normalized spacial score (nSPS) is 25.4. The van der Waals surface area contributed by atoms with Crippen molar-refractivity contribution in [3.8, 4) is 5.75 Å². The van der Waals surface area contributed by atoms with Crippen molar-refractivity contribution < 1.29 is 14.6 Å². The minimum absolute atomic E-state index is 0.485. The molecule has 4 heteroatoms. The Kier molecular flexibility index (Phi) is 4.76. The van der Waals surface area contributed by atoms with Crippen molar-refractivity contribution in [3.05, 3.63) is 24.3 Å². The summed E-state index contributed by atoms with van der Waals surface area (Å²) in [5.41, 5.74) is 0.404. The zero-order valence-electron chi connectivity index (χ0n) is 13.1. The summed E-state index contributed by atoms with van der Waals surface area (Å²) < 4.78 is 5.16. The Balaban J connectivity index is 2.14. The van der Waals surface area contributed by atoms with Crippen molar-refractivity contribution in [3.63, 3.8) is 0 Å². The quantitative estimate of drug-likeness (QED) is 0.903. The van der Waals surface area contributed by atoms with Crippen LogP contribution in [0.2, 0.25) is 0 Å². The van der Waals surface area contributed by atoms with E-state index in [0.29, 0.717) is 12.5 Å². The first-order chi connectivity index (χ1) is 9.97. The first-order valence-corrected chi connectivity index (χ1v) is 7.55. The van der Waals surface area contributed by atoms with Crippen molar-refractivity contribution in [1.82, 2.24) is 0 Å². The van der Waals surface area contributed by atoms with E-state index in [1.165, 1.54) is 0 Å². The van der Waals surface area contributed by atoms with E-state index in [0.717, 1.165) is 37.1 Å². The largest absolute Gasteiger partial charge is 0.497 e. The van der Waals surface area contributed by atoms with E-state index in [1.54, 1.807) is 7.11 Å². The number of carbonyl (C=O) groups is 1. The van der Waals surface area contributed by atoms with E-state index in [4.69, 9.17) is 4.74 Å². The summed E-state index contributed by atoms with van der Waals surface area (Å²) in [5.74, 6) is 0.639. The van der Waals surface area contributed by atoms with Crippen LogP contribution in [0.1, 0.15) is 32.6 Å². The van der Waals surface area contributed by atoms with Crippen LogP contribution in [0.3, 0.4) is 0 Å². The predicted molar refractivity (Wildman–Crippen MR) is 84.0 cm³/mol. The van der Waals surface area contributed by atoms with E-state index in [-0.39, 0.29) is 0 Å². The molecule has 4 nitrogen and oxygen atoms in total. The second kappa shape index (κ2) is 6.37. The number of benzene rings is 1. The van der Waals surface area contributed by atoms with Crippen LogP contribution in [0.5, 0.6) is 5.75 Å². The lowest BCUT2D eigenvalue weighted by atomic mass is 9.69. The number of carboxylic acids is 1. The molecule has 1 N–H and O–H groups in total. The lowest BCUT2D eigenvalue weighted by Gasteiger charge is -2.39. The molecule has 1 fully saturated rings. The van der Waals surface area contributed by atoms with Gasteiger partial charge in [0.05, 0.1) is 12.5 Å². The molecular formula is C17H25NO3. The minimum Gasteiger partial charge on any atom is -0.497 e. The maximum atomic E-state index is 11.8.